The second-order valence-corrected chi connectivity index (χ2v) is 5.11. The molecule has 0 saturated heterocycles. The summed E-state index contributed by atoms with van der Waals surface area (Å²) in [6.07, 6.45) is 3.58. The van der Waals surface area contributed by atoms with E-state index in [-0.39, 0.29) is 0 Å². The number of rotatable bonds is 2. The molecule has 0 saturated carbocycles. The first-order chi connectivity index (χ1) is 10.2. The SMILES string of the molecule is CCn1cc2c(ncn3nc(-c4ccc(Cl)cc4)nc23)n1. The van der Waals surface area contributed by atoms with E-state index in [2.05, 4.69) is 20.2 Å². The Hall–Kier alpha value is -2.47. The number of halogens is 1. The Morgan fingerprint density at radius 1 is 1.14 bits per heavy atom. The van der Waals surface area contributed by atoms with Crippen LogP contribution >= 0.6 is 11.6 Å². The molecule has 0 aliphatic carbocycles. The van der Waals surface area contributed by atoms with Gasteiger partial charge in [-0.25, -0.2) is 14.5 Å². The van der Waals surface area contributed by atoms with Gasteiger partial charge >= 0.3 is 0 Å². The lowest BCUT2D eigenvalue weighted by Crippen LogP contribution is -1.93. The van der Waals surface area contributed by atoms with E-state index in [0.717, 1.165) is 23.1 Å². The monoisotopic (exact) mass is 298 g/mol. The maximum atomic E-state index is 5.91. The van der Waals surface area contributed by atoms with Gasteiger partial charge in [-0.05, 0) is 31.2 Å². The van der Waals surface area contributed by atoms with Crippen molar-refractivity contribution in [3.63, 3.8) is 0 Å². The zero-order valence-electron chi connectivity index (χ0n) is 11.2. The van der Waals surface area contributed by atoms with Gasteiger partial charge in [-0.2, -0.15) is 5.10 Å². The molecule has 4 rings (SSSR count). The number of hydrogen-bond acceptors (Lipinski definition) is 4. The highest BCUT2D eigenvalue weighted by atomic mass is 35.5. The van der Waals surface area contributed by atoms with Crippen LogP contribution in [0.15, 0.2) is 36.8 Å². The molecule has 7 heteroatoms. The quantitative estimate of drug-likeness (QED) is 0.571. The fourth-order valence-corrected chi connectivity index (χ4v) is 2.37. The summed E-state index contributed by atoms with van der Waals surface area (Å²) < 4.78 is 3.52. The Morgan fingerprint density at radius 2 is 1.95 bits per heavy atom. The number of aryl methyl sites for hydroxylation is 1. The van der Waals surface area contributed by atoms with Crippen molar-refractivity contribution in [3.8, 4) is 11.4 Å². The molecular weight excluding hydrogens is 288 g/mol. The number of fused-ring (bicyclic) bond motifs is 3. The molecule has 1 aromatic carbocycles. The van der Waals surface area contributed by atoms with Crippen molar-refractivity contribution in [2.75, 3.05) is 0 Å². The summed E-state index contributed by atoms with van der Waals surface area (Å²) in [5, 5.41) is 10.4. The first-order valence-corrected chi connectivity index (χ1v) is 6.97. The number of benzene rings is 1. The molecule has 0 fully saturated rings. The number of nitrogens with zero attached hydrogens (tertiary/aromatic N) is 6. The summed E-state index contributed by atoms with van der Waals surface area (Å²) in [7, 11) is 0. The molecule has 3 aromatic heterocycles. The van der Waals surface area contributed by atoms with Gasteiger partial charge in [-0.1, -0.05) is 11.6 Å². The molecule has 0 N–H and O–H groups in total. The number of hydrogen-bond donors (Lipinski definition) is 0. The average molecular weight is 299 g/mol. The highest BCUT2D eigenvalue weighted by Gasteiger charge is 2.12. The molecule has 6 nitrogen and oxygen atoms in total. The van der Waals surface area contributed by atoms with Crippen LogP contribution in [0.5, 0.6) is 0 Å². The van der Waals surface area contributed by atoms with Crippen LogP contribution in [0.1, 0.15) is 6.92 Å². The van der Waals surface area contributed by atoms with Gasteiger partial charge in [0.2, 0.25) is 0 Å². The van der Waals surface area contributed by atoms with E-state index >= 15 is 0 Å². The van der Waals surface area contributed by atoms with E-state index in [1.807, 2.05) is 42.1 Å². The van der Waals surface area contributed by atoms with Crippen LogP contribution in [0.2, 0.25) is 5.02 Å². The Bertz CT molecular complexity index is 937. The smallest absolute Gasteiger partial charge is 0.186 e. The van der Waals surface area contributed by atoms with Crippen molar-refractivity contribution < 1.29 is 0 Å². The third-order valence-electron chi connectivity index (χ3n) is 3.33. The van der Waals surface area contributed by atoms with E-state index < -0.39 is 0 Å². The minimum absolute atomic E-state index is 0.644. The molecule has 0 radical (unpaired) electrons. The van der Waals surface area contributed by atoms with Gasteiger partial charge in [0, 0.05) is 23.3 Å². The van der Waals surface area contributed by atoms with E-state index in [1.54, 1.807) is 10.8 Å². The Labute approximate surface area is 125 Å². The van der Waals surface area contributed by atoms with Crippen molar-refractivity contribution in [2.24, 2.45) is 0 Å². The van der Waals surface area contributed by atoms with Crippen LogP contribution in [0, 0.1) is 0 Å². The molecule has 0 atom stereocenters. The highest BCUT2D eigenvalue weighted by Crippen LogP contribution is 2.21. The van der Waals surface area contributed by atoms with Crippen LogP contribution in [0.25, 0.3) is 28.1 Å². The normalized spacial score (nSPS) is 11.5. The van der Waals surface area contributed by atoms with Gasteiger partial charge in [0.25, 0.3) is 0 Å². The summed E-state index contributed by atoms with van der Waals surface area (Å²) >= 11 is 5.91. The molecule has 21 heavy (non-hydrogen) atoms. The van der Waals surface area contributed by atoms with Gasteiger partial charge in [-0.3, -0.25) is 4.68 Å². The number of aromatic nitrogens is 6. The molecule has 0 spiro atoms. The lowest BCUT2D eigenvalue weighted by atomic mass is 10.2. The van der Waals surface area contributed by atoms with Crippen molar-refractivity contribution in [1.82, 2.24) is 29.4 Å². The van der Waals surface area contributed by atoms with Gasteiger partial charge in [0.1, 0.15) is 6.33 Å². The van der Waals surface area contributed by atoms with Gasteiger partial charge in [0.05, 0.1) is 5.39 Å². The van der Waals surface area contributed by atoms with Gasteiger partial charge < -0.3 is 0 Å². The minimum atomic E-state index is 0.644. The molecule has 3 heterocycles. The van der Waals surface area contributed by atoms with E-state index in [4.69, 9.17) is 11.6 Å². The fourth-order valence-electron chi connectivity index (χ4n) is 2.24. The lowest BCUT2D eigenvalue weighted by molar-refractivity contribution is 0.665. The third kappa shape index (κ3) is 1.95. The molecule has 0 aliphatic rings. The largest absolute Gasteiger partial charge is 0.270 e. The third-order valence-corrected chi connectivity index (χ3v) is 3.58. The molecule has 104 valence electrons. The molecule has 4 aromatic rings. The van der Waals surface area contributed by atoms with Crippen molar-refractivity contribution in [1.29, 1.82) is 0 Å². The van der Waals surface area contributed by atoms with Gasteiger partial charge in [-0.15, -0.1) is 5.10 Å². The van der Waals surface area contributed by atoms with E-state index in [0.29, 0.717) is 16.5 Å². The van der Waals surface area contributed by atoms with Crippen molar-refractivity contribution in [2.45, 2.75) is 13.5 Å². The topological polar surface area (TPSA) is 60.9 Å². The molecular formula is C14H11ClN6. The van der Waals surface area contributed by atoms with Crippen LogP contribution in [0.3, 0.4) is 0 Å². The lowest BCUT2D eigenvalue weighted by Gasteiger charge is -1.93. The summed E-state index contributed by atoms with van der Waals surface area (Å²) in [5.74, 6) is 0.644. The first kappa shape index (κ1) is 12.3. The van der Waals surface area contributed by atoms with Crippen LogP contribution in [-0.4, -0.2) is 29.4 Å². The predicted octanol–water partition coefficient (Wildman–Crippen LogP) is 2.81. The second kappa shape index (κ2) is 4.53. The summed E-state index contributed by atoms with van der Waals surface area (Å²) in [6.45, 7) is 2.83. The zero-order valence-corrected chi connectivity index (χ0v) is 12.0. The average Bonchev–Trinajstić information content (AvgIpc) is 3.10. The maximum absolute atomic E-state index is 5.91. The second-order valence-electron chi connectivity index (χ2n) is 4.68. The van der Waals surface area contributed by atoms with Crippen molar-refractivity contribution in [3.05, 3.63) is 41.8 Å². The Morgan fingerprint density at radius 3 is 2.71 bits per heavy atom. The predicted molar refractivity (Wildman–Crippen MR) is 80.2 cm³/mol. The molecule has 0 unspecified atom stereocenters. The standard InChI is InChI=1S/C14H11ClN6/c1-2-20-7-11-13(18-20)16-8-21-14(11)17-12(19-21)9-3-5-10(15)6-4-9/h3-8H,2H2,1H3. The van der Waals surface area contributed by atoms with Gasteiger partial charge in [0.15, 0.2) is 17.1 Å². The van der Waals surface area contributed by atoms with Crippen LogP contribution in [-0.2, 0) is 6.54 Å². The minimum Gasteiger partial charge on any atom is -0.270 e. The molecule has 0 aliphatic heterocycles. The van der Waals surface area contributed by atoms with E-state index in [9.17, 15) is 0 Å². The first-order valence-electron chi connectivity index (χ1n) is 6.59. The van der Waals surface area contributed by atoms with E-state index in [1.165, 1.54) is 0 Å². The highest BCUT2D eigenvalue weighted by molar-refractivity contribution is 6.30. The summed E-state index contributed by atoms with van der Waals surface area (Å²) in [4.78, 5) is 8.91. The molecule has 0 amide bonds. The maximum Gasteiger partial charge on any atom is 0.186 e. The Kier molecular flexibility index (Phi) is 2.65. The summed E-state index contributed by atoms with van der Waals surface area (Å²) in [6, 6.07) is 7.45. The molecule has 0 bridgehead atoms. The fraction of sp³-hybridized carbons (Fsp3) is 0.143. The van der Waals surface area contributed by atoms with Crippen molar-refractivity contribution >= 4 is 28.3 Å². The Balaban J connectivity index is 1.94. The van der Waals surface area contributed by atoms with Crippen LogP contribution in [0.4, 0.5) is 0 Å². The zero-order chi connectivity index (χ0) is 14.4. The van der Waals surface area contributed by atoms with Crippen LogP contribution < -0.4 is 0 Å². The summed E-state index contributed by atoms with van der Waals surface area (Å²) in [5.41, 5.74) is 2.35.